The number of nitrogens with one attached hydrogen (secondary N) is 2. The van der Waals surface area contributed by atoms with Crippen LogP contribution in [0.15, 0.2) is 73.1 Å². The van der Waals surface area contributed by atoms with Gasteiger partial charge in [-0.05, 0) is 47.4 Å². The number of nitrogens with zero attached hydrogens (tertiary/aromatic N) is 1. The minimum Gasteiger partial charge on any atom is -0.467 e. The number of amides is 1. The van der Waals surface area contributed by atoms with Gasteiger partial charge in [0.1, 0.15) is 15.9 Å². The Hall–Kier alpha value is -3.72. The van der Waals surface area contributed by atoms with Crippen LogP contribution in [0.1, 0.15) is 22.3 Å². The van der Waals surface area contributed by atoms with Gasteiger partial charge in [-0.3, -0.25) is 9.78 Å². The number of methoxy groups -OCH3 is 1. The minimum atomic E-state index is -3.32. The second kappa shape index (κ2) is 11.4. The van der Waals surface area contributed by atoms with Crippen molar-refractivity contribution in [2.24, 2.45) is 0 Å². The molecule has 0 spiro atoms. The SMILES string of the molecule is COC(=O)C(CCS(C)(=O)=O)NC(=O)c1ccc(CNc2cccnc2)cc1-c1ccccc1. The quantitative estimate of drug-likeness (QED) is 0.428. The summed E-state index contributed by atoms with van der Waals surface area (Å²) >= 11 is 0. The normalized spacial score (nSPS) is 11.9. The van der Waals surface area contributed by atoms with Gasteiger partial charge in [0.05, 0.1) is 18.6 Å². The summed E-state index contributed by atoms with van der Waals surface area (Å²) in [5.74, 6) is -1.44. The number of aromatic nitrogens is 1. The highest BCUT2D eigenvalue weighted by Crippen LogP contribution is 2.26. The van der Waals surface area contributed by atoms with Crippen molar-refractivity contribution in [2.45, 2.75) is 19.0 Å². The fourth-order valence-corrected chi connectivity index (χ4v) is 4.05. The molecule has 1 atom stereocenters. The van der Waals surface area contributed by atoms with E-state index in [0.717, 1.165) is 23.1 Å². The Balaban J connectivity index is 1.87. The molecule has 0 aliphatic rings. The molecular weight excluding hydrogens is 454 g/mol. The number of pyridine rings is 1. The zero-order chi connectivity index (χ0) is 24.6. The molecule has 0 radical (unpaired) electrons. The van der Waals surface area contributed by atoms with Crippen LogP contribution in [0, 0.1) is 0 Å². The molecule has 1 amide bonds. The molecule has 0 fully saturated rings. The fraction of sp³-hybridized carbons (Fsp3) is 0.240. The van der Waals surface area contributed by atoms with Crippen LogP contribution in [0.2, 0.25) is 0 Å². The third-order valence-corrected chi connectivity index (χ3v) is 6.12. The van der Waals surface area contributed by atoms with E-state index in [2.05, 4.69) is 15.6 Å². The largest absolute Gasteiger partial charge is 0.467 e. The van der Waals surface area contributed by atoms with Gasteiger partial charge in [-0.25, -0.2) is 13.2 Å². The predicted octanol–water partition coefficient (Wildman–Crippen LogP) is 3.07. The highest BCUT2D eigenvalue weighted by atomic mass is 32.2. The van der Waals surface area contributed by atoms with E-state index in [1.165, 1.54) is 7.11 Å². The molecule has 3 aromatic rings. The first-order valence-corrected chi connectivity index (χ1v) is 12.7. The lowest BCUT2D eigenvalue weighted by molar-refractivity contribution is -0.142. The summed E-state index contributed by atoms with van der Waals surface area (Å²) in [6, 6.07) is 17.5. The zero-order valence-corrected chi connectivity index (χ0v) is 19.8. The molecule has 0 aliphatic heterocycles. The summed E-state index contributed by atoms with van der Waals surface area (Å²) in [6.45, 7) is 0.520. The third kappa shape index (κ3) is 7.14. The summed E-state index contributed by atoms with van der Waals surface area (Å²) in [5.41, 5.74) is 3.71. The standard InChI is InChI=1S/C25H27N3O5S/c1-33-25(30)23(12-14-34(2,31)32)28-24(29)21-11-10-18(16-27-20-9-6-13-26-17-20)15-22(21)19-7-4-3-5-8-19/h3-11,13,15,17,23,27H,12,14,16H2,1-2H3,(H,28,29). The lowest BCUT2D eigenvalue weighted by Gasteiger charge is -2.18. The summed E-state index contributed by atoms with van der Waals surface area (Å²) in [6.07, 6.45) is 4.42. The molecule has 2 N–H and O–H groups in total. The van der Waals surface area contributed by atoms with Crippen LogP contribution in [-0.2, 0) is 25.9 Å². The first-order valence-electron chi connectivity index (χ1n) is 10.7. The monoisotopic (exact) mass is 481 g/mol. The topological polar surface area (TPSA) is 114 Å². The van der Waals surface area contributed by atoms with Crippen LogP contribution in [-0.4, -0.2) is 50.4 Å². The number of hydrogen-bond donors (Lipinski definition) is 2. The van der Waals surface area contributed by atoms with Gasteiger partial charge in [-0.1, -0.05) is 36.4 Å². The van der Waals surface area contributed by atoms with Crippen molar-refractivity contribution in [1.82, 2.24) is 10.3 Å². The van der Waals surface area contributed by atoms with Gasteiger partial charge in [0, 0.05) is 30.8 Å². The average molecular weight is 482 g/mol. The highest BCUT2D eigenvalue weighted by molar-refractivity contribution is 7.90. The highest BCUT2D eigenvalue weighted by Gasteiger charge is 2.25. The summed E-state index contributed by atoms with van der Waals surface area (Å²) in [5, 5.41) is 5.94. The summed E-state index contributed by atoms with van der Waals surface area (Å²) < 4.78 is 27.9. The molecule has 3 rings (SSSR count). The second-order valence-electron chi connectivity index (χ2n) is 7.81. The van der Waals surface area contributed by atoms with E-state index in [-0.39, 0.29) is 12.2 Å². The molecule has 9 heteroatoms. The van der Waals surface area contributed by atoms with E-state index in [0.29, 0.717) is 17.7 Å². The van der Waals surface area contributed by atoms with Crippen molar-refractivity contribution in [1.29, 1.82) is 0 Å². The van der Waals surface area contributed by atoms with Crippen molar-refractivity contribution >= 4 is 27.4 Å². The number of carbonyl (C=O) groups is 2. The Bertz CT molecular complexity index is 1230. The van der Waals surface area contributed by atoms with Crippen molar-refractivity contribution in [3.05, 3.63) is 84.2 Å². The first-order chi connectivity index (χ1) is 16.3. The molecule has 0 saturated heterocycles. The second-order valence-corrected chi connectivity index (χ2v) is 10.1. The molecule has 1 unspecified atom stereocenters. The maximum atomic E-state index is 13.2. The number of hydrogen-bond acceptors (Lipinski definition) is 7. The van der Waals surface area contributed by atoms with Crippen molar-refractivity contribution < 1.29 is 22.7 Å². The van der Waals surface area contributed by atoms with Crippen LogP contribution in [0.4, 0.5) is 5.69 Å². The number of carbonyl (C=O) groups excluding carboxylic acids is 2. The van der Waals surface area contributed by atoms with Gasteiger partial charge in [-0.2, -0.15) is 0 Å². The van der Waals surface area contributed by atoms with Crippen LogP contribution in [0.25, 0.3) is 11.1 Å². The van der Waals surface area contributed by atoms with Crippen LogP contribution < -0.4 is 10.6 Å². The zero-order valence-electron chi connectivity index (χ0n) is 19.0. The molecule has 2 aromatic carbocycles. The lowest BCUT2D eigenvalue weighted by Crippen LogP contribution is -2.42. The minimum absolute atomic E-state index is 0.0783. The number of esters is 1. The van der Waals surface area contributed by atoms with Gasteiger partial charge < -0.3 is 15.4 Å². The Morgan fingerprint density at radius 3 is 2.47 bits per heavy atom. The number of benzene rings is 2. The van der Waals surface area contributed by atoms with E-state index in [1.54, 1.807) is 18.5 Å². The molecule has 1 aromatic heterocycles. The van der Waals surface area contributed by atoms with E-state index in [9.17, 15) is 18.0 Å². The molecule has 0 aliphatic carbocycles. The first kappa shape index (κ1) is 24.9. The average Bonchev–Trinajstić information content (AvgIpc) is 2.85. The van der Waals surface area contributed by atoms with Crippen molar-refractivity contribution in [3.63, 3.8) is 0 Å². The Morgan fingerprint density at radius 2 is 1.82 bits per heavy atom. The molecule has 34 heavy (non-hydrogen) atoms. The molecule has 0 saturated carbocycles. The smallest absolute Gasteiger partial charge is 0.328 e. The number of anilines is 1. The summed E-state index contributed by atoms with van der Waals surface area (Å²) in [4.78, 5) is 29.5. The summed E-state index contributed by atoms with van der Waals surface area (Å²) in [7, 11) is -2.12. The van der Waals surface area contributed by atoms with E-state index in [4.69, 9.17) is 4.74 Å². The predicted molar refractivity (Wildman–Crippen MR) is 131 cm³/mol. The third-order valence-electron chi connectivity index (χ3n) is 5.14. The Kier molecular flexibility index (Phi) is 8.37. The van der Waals surface area contributed by atoms with Crippen LogP contribution >= 0.6 is 0 Å². The number of ether oxygens (including phenoxy) is 1. The number of rotatable bonds is 10. The van der Waals surface area contributed by atoms with Gasteiger partial charge >= 0.3 is 5.97 Å². The van der Waals surface area contributed by atoms with E-state index in [1.807, 2.05) is 54.6 Å². The Labute approximate surface area is 199 Å². The number of sulfone groups is 1. The van der Waals surface area contributed by atoms with E-state index >= 15 is 0 Å². The molecular formula is C25H27N3O5S. The maximum absolute atomic E-state index is 13.2. The van der Waals surface area contributed by atoms with Crippen LogP contribution in [0.5, 0.6) is 0 Å². The lowest BCUT2D eigenvalue weighted by atomic mass is 9.96. The molecule has 1 heterocycles. The maximum Gasteiger partial charge on any atom is 0.328 e. The van der Waals surface area contributed by atoms with E-state index < -0.39 is 27.8 Å². The van der Waals surface area contributed by atoms with Gasteiger partial charge in [0.15, 0.2) is 0 Å². The van der Waals surface area contributed by atoms with Gasteiger partial charge in [0.25, 0.3) is 5.91 Å². The van der Waals surface area contributed by atoms with Gasteiger partial charge in [-0.15, -0.1) is 0 Å². The van der Waals surface area contributed by atoms with Crippen molar-refractivity contribution in [2.75, 3.05) is 24.4 Å². The van der Waals surface area contributed by atoms with Crippen LogP contribution in [0.3, 0.4) is 0 Å². The molecule has 178 valence electrons. The Morgan fingerprint density at radius 1 is 1.06 bits per heavy atom. The fourth-order valence-electron chi connectivity index (χ4n) is 3.39. The van der Waals surface area contributed by atoms with Gasteiger partial charge in [0.2, 0.25) is 0 Å². The molecule has 8 nitrogen and oxygen atoms in total. The molecule has 0 bridgehead atoms. The van der Waals surface area contributed by atoms with Crippen molar-refractivity contribution in [3.8, 4) is 11.1 Å².